The lowest BCUT2D eigenvalue weighted by Gasteiger charge is -2.14. The zero-order valence-electron chi connectivity index (χ0n) is 12.8. The van der Waals surface area contributed by atoms with E-state index in [4.69, 9.17) is 23.2 Å². The Balaban J connectivity index is 2.01. The summed E-state index contributed by atoms with van der Waals surface area (Å²) in [6, 6.07) is 7.07. The molecule has 10 heteroatoms. The van der Waals surface area contributed by atoms with Gasteiger partial charge in [0, 0.05) is 5.56 Å². The van der Waals surface area contributed by atoms with Crippen molar-refractivity contribution in [3.05, 3.63) is 70.2 Å². The first-order valence-corrected chi connectivity index (χ1v) is 7.84. The Labute approximate surface area is 155 Å². The Hall–Kier alpha value is -2.58. The molecule has 2 aromatic carbocycles. The summed E-state index contributed by atoms with van der Waals surface area (Å²) < 4.78 is 40.3. The van der Waals surface area contributed by atoms with Crippen LogP contribution in [0, 0.1) is 0 Å². The molecule has 0 aliphatic heterocycles. The topological polar surface area (TPSA) is 59.8 Å². The van der Waals surface area contributed by atoms with Crippen LogP contribution in [0.3, 0.4) is 0 Å². The second kappa shape index (κ2) is 6.97. The highest BCUT2D eigenvalue weighted by Gasteiger charge is 2.31. The number of rotatable bonds is 3. The summed E-state index contributed by atoms with van der Waals surface area (Å²) in [7, 11) is 0. The second-order valence-corrected chi connectivity index (χ2v) is 5.97. The number of carbonyl (C=O) groups is 1. The molecular formula is C16H9Cl2F3N4O. The van der Waals surface area contributed by atoms with Crippen molar-refractivity contribution in [1.29, 1.82) is 0 Å². The van der Waals surface area contributed by atoms with E-state index in [1.165, 1.54) is 41.6 Å². The van der Waals surface area contributed by atoms with Gasteiger partial charge in [0.1, 0.15) is 12.7 Å². The van der Waals surface area contributed by atoms with Gasteiger partial charge < -0.3 is 5.32 Å². The van der Waals surface area contributed by atoms with Crippen molar-refractivity contribution in [3.8, 4) is 5.69 Å². The summed E-state index contributed by atoms with van der Waals surface area (Å²) in [5.74, 6) is -0.649. The van der Waals surface area contributed by atoms with Gasteiger partial charge in [0.05, 0.1) is 27.0 Å². The normalized spacial score (nSPS) is 11.4. The zero-order valence-corrected chi connectivity index (χ0v) is 14.3. The lowest BCUT2D eigenvalue weighted by molar-refractivity contribution is -0.137. The number of nitrogens with one attached hydrogen (secondary N) is 1. The SMILES string of the molecule is O=C(Nc1cc(C(F)(F)F)ccc1-n1cncn1)c1ccc(Cl)c(Cl)c1. The minimum Gasteiger partial charge on any atom is -0.320 e. The zero-order chi connectivity index (χ0) is 18.9. The summed E-state index contributed by atoms with van der Waals surface area (Å²) >= 11 is 11.7. The van der Waals surface area contributed by atoms with Crippen molar-refractivity contribution in [2.45, 2.75) is 6.18 Å². The van der Waals surface area contributed by atoms with Gasteiger partial charge in [-0.1, -0.05) is 23.2 Å². The number of amides is 1. The van der Waals surface area contributed by atoms with E-state index in [2.05, 4.69) is 15.4 Å². The highest BCUT2D eigenvalue weighted by Crippen LogP contribution is 2.33. The Morgan fingerprint density at radius 1 is 1.08 bits per heavy atom. The van der Waals surface area contributed by atoms with Crippen molar-refractivity contribution in [2.24, 2.45) is 0 Å². The summed E-state index contributed by atoms with van der Waals surface area (Å²) in [4.78, 5) is 16.2. The van der Waals surface area contributed by atoms with Crippen LogP contribution in [0.1, 0.15) is 15.9 Å². The number of carbonyl (C=O) groups excluding carboxylic acids is 1. The van der Waals surface area contributed by atoms with E-state index >= 15 is 0 Å². The molecule has 0 bridgehead atoms. The van der Waals surface area contributed by atoms with Gasteiger partial charge >= 0.3 is 6.18 Å². The van der Waals surface area contributed by atoms with Crippen molar-refractivity contribution in [3.63, 3.8) is 0 Å². The van der Waals surface area contributed by atoms with Gasteiger partial charge in [-0.05, 0) is 36.4 Å². The molecule has 3 aromatic rings. The molecule has 0 radical (unpaired) electrons. The Kier molecular flexibility index (Phi) is 4.88. The molecule has 134 valence electrons. The van der Waals surface area contributed by atoms with Gasteiger partial charge in [0.15, 0.2) is 0 Å². The number of aromatic nitrogens is 3. The van der Waals surface area contributed by atoms with Crippen LogP contribution in [-0.4, -0.2) is 20.7 Å². The number of alkyl halides is 3. The van der Waals surface area contributed by atoms with Crippen molar-refractivity contribution in [2.75, 3.05) is 5.32 Å². The first-order valence-electron chi connectivity index (χ1n) is 7.08. The standard InChI is InChI=1S/C16H9Cl2F3N4O/c17-11-3-1-9(5-12(11)18)15(26)24-13-6-10(16(19,20)21)2-4-14(13)25-8-22-7-23-25/h1-8H,(H,24,26). The van der Waals surface area contributed by atoms with Crippen LogP contribution in [0.15, 0.2) is 49.1 Å². The van der Waals surface area contributed by atoms with Crippen LogP contribution in [0.25, 0.3) is 5.69 Å². The predicted octanol–water partition coefficient (Wildman–Crippen LogP) is 4.85. The average Bonchev–Trinajstić information content (AvgIpc) is 3.10. The fraction of sp³-hybridized carbons (Fsp3) is 0.0625. The molecule has 0 saturated carbocycles. The Morgan fingerprint density at radius 3 is 2.46 bits per heavy atom. The number of hydrogen-bond donors (Lipinski definition) is 1. The molecule has 0 atom stereocenters. The number of benzene rings is 2. The lowest BCUT2D eigenvalue weighted by atomic mass is 10.1. The molecule has 3 rings (SSSR count). The molecule has 1 N–H and O–H groups in total. The van der Waals surface area contributed by atoms with Gasteiger partial charge in [-0.15, -0.1) is 0 Å². The van der Waals surface area contributed by atoms with Crippen molar-refractivity contribution < 1.29 is 18.0 Å². The molecule has 0 aliphatic carbocycles. The first-order chi connectivity index (χ1) is 12.3. The summed E-state index contributed by atoms with van der Waals surface area (Å²) in [6.07, 6.45) is -2.04. The molecule has 0 aliphatic rings. The van der Waals surface area contributed by atoms with Crippen molar-refractivity contribution >= 4 is 34.8 Å². The molecule has 1 amide bonds. The fourth-order valence-corrected chi connectivity index (χ4v) is 2.47. The number of hydrogen-bond acceptors (Lipinski definition) is 3. The van der Waals surface area contributed by atoms with Gasteiger partial charge in [-0.25, -0.2) is 9.67 Å². The van der Waals surface area contributed by atoms with E-state index in [1.807, 2.05) is 0 Å². The molecule has 1 heterocycles. The molecule has 0 fully saturated rings. The van der Waals surface area contributed by atoms with Gasteiger partial charge in [0.2, 0.25) is 0 Å². The van der Waals surface area contributed by atoms with Crippen LogP contribution in [0.2, 0.25) is 10.0 Å². The number of nitrogens with zero attached hydrogens (tertiary/aromatic N) is 3. The third-order valence-electron chi connectivity index (χ3n) is 3.42. The smallest absolute Gasteiger partial charge is 0.320 e. The first kappa shape index (κ1) is 18.2. The van der Waals surface area contributed by atoms with E-state index < -0.39 is 17.6 Å². The molecule has 5 nitrogen and oxygen atoms in total. The number of anilines is 1. The Morgan fingerprint density at radius 2 is 1.85 bits per heavy atom. The quantitative estimate of drug-likeness (QED) is 0.683. The van der Waals surface area contributed by atoms with E-state index in [-0.39, 0.29) is 27.0 Å². The summed E-state index contributed by atoms with van der Waals surface area (Å²) in [6.45, 7) is 0. The molecule has 0 saturated heterocycles. The third-order valence-corrected chi connectivity index (χ3v) is 4.16. The van der Waals surface area contributed by atoms with E-state index in [0.717, 1.165) is 12.1 Å². The largest absolute Gasteiger partial charge is 0.416 e. The second-order valence-electron chi connectivity index (χ2n) is 5.15. The number of halogens is 5. The van der Waals surface area contributed by atoms with Crippen molar-refractivity contribution in [1.82, 2.24) is 14.8 Å². The van der Waals surface area contributed by atoms with Crippen LogP contribution in [0.4, 0.5) is 18.9 Å². The molecule has 26 heavy (non-hydrogen) atoms. The van der Waals surface area contributed by atoms with E-state index in [1.54, 1.807) is 0 Å². The van der Waals surface area contributed by atoms with Gasteiger partial charge in [-0.3, -0.25) is 4.79 Å². The van der Waals surface area contributed by atoms with Crippen LogP contribution in [-0.2, 0) is 6.18 Å². The van der Waals surface area contributed by atoms with Gasteiger partial charge in [0.25, 0.3) is 5.91 Å². The summed E-state index contributed by atoms with van der Waals surface area (Å²) in [5.41, 5.74) is -0.627. The predicted molar refractivity (Wildman–Crippen MR) is 90.8 cm³/mol. The third kappa shape index (κ3) is 3.81. The van der Waals surface area contributed by atoms with Gasteiger partial charge in [-0.2, -0.15) is 18.3 Å². The fourth-order valence-electron chi connectivity index (χ4n) is 2.18. The molecular weight excluding hydrogens is 392 g/mol. The van der Waals surface area contributed by atoms with Crippen LogP contribution in [0.5, 0.6) is 0 Å². The molecule has 1 aromatic heterocycles. The van der Waals surface area contributed by atoms with Crippen LogP contribution >= 0.6 is 23.2 Å². The maximum atomic E-state index is 13.0. The highest BCUT2D eigenvalue weighted by atomic mass is 35.5. The molecule has 0 unspecified atom stereocenters. The summed E-state index contributed by atoms with van der Waals surface area (Å²) in [5, 5.41) is 6.73. The lowest BCUT2D eigenvalue weighted by Crippen LogP contribution is -2.15. The van der Waals surface area contributed by atoms with E-state index in [0.29, 0.717) is 0 Å². The maximum Gasteiger partial charge on any atom is 0.416 e. The molecule has 0 spiro atoms. The van der Waals surface area contributed by atoms with Crippen LogP contribution < -0.4 is 5.32 Å². The van der Waals surface area contributed by atoms with E-state index in [9.17, 15) is 18.0 Å². The maximum absolute atomic E-state index is 13.0. The minimum atomic E-state index is -4.57. The monoisotopic (exact) mass is 400 g/mol. The minimum absolute atomic E-state index is 0.0820. The average molecular weight is 401 g/mol. The highest BCUT2D eigenvalue weighted by molar-refractivity contribution is 6.42. The Bertz CT molecular complexity index is 959.